The first-order chi connectivity index (χ1) is 45.1. The highest BCUT2D eigenvalue weighted by Crippen LogP contribution is 2.23. The molecule has 4 rings (SSSR count). The van der Waals surface area contributed by atoms with Crippen LogP contribution in [0.4, 0.5) is 0 Å². The van der Waals surface area contributed by atoms with Gasteiger partial charge in [-0.25, -0.2) is 0 Å². The van der Waals surface area contributed by atoms with Crippen LogP contribution >= 0.6 is 11.8 Å². The van der Waals surface area contributed by atoms with E-state index in [4.69, 9.17) is 34.4 Å². The van der Waals surface area contributed by atoms with Gasteiger partial charge in [0.1, 0.15) is 60.1 Å². The number of thioether (sulfide) groups is 1. The van der Waals surface area contributed by atoms with Crippen LogP contribution in [0, 0.1) is 5.92 Å². The molecule has 0 saturated carbocycles. The molecule has 2 aliphatic heterocycles. The molecule has 0 spiro atoms. The summed E-state index contributed by atoms with van der Waals surface area (Å²) in [4.78, 5) is 184. The molecule has 2 aromatic carbocycles. The number of carbonyl (C=O) groups excluding carboxylic acids is 12. The monoisotopic (exact) mass is 1350 g/mol. The zero-order valence-corrected chi connectivity index (χ0v) is 54.8. The van der Waals surface area contributed by atoms with Crippen LogP contribution in [0.2, 0.25) is 0 Å². The molecule has 0 aliphatic carbocycles. The number of phenols is 1. The molecule has 2 fully saturated rings. The van der Waals surface area contributed by atoms with Gasteiger partial charge < -0.3 is 96.9 Å². The molecule has 0 bridgehead atoms. The van der Waals surface area contributed by atoms with E-state index in [1.165, 1.54) is 40.9 Å². The minimum Gasteiger partial charge on any atom is -0.508 e. The first-order valence-corrected chi connectivity index (χ1v) is 33.1. The summed E-state index contributed by atoms with van der Waals surface area (Å²) in [6.07, 6.45) is 2.10. The van der Waals surface area contributed by atoms with Crippen molar-refractivity contribution in [2.45, 2.75) is 177 Å². The van der Waals surface area contributed by atoms with Crippen LogP contribution < -0.4 is 76.9 Å². The maximum atomic E-state index is 14.7. The van der Waals surface area contributed by atoms with Gasteiger partial charge in [0, 0.05) is 38.9 Å². The number of aromatic hydroxyl groups is 1. The Morgan fingerprint density at radius 2 is 1.13 bits per heavy atom. The van der Waals surface area contributed by atoms with Crippen molar-refractivity contribution in [3.8, 4) is 5.75 Å². The average Bonchev–Trinajstić information content (AvgIpc) is 1.75. The van der Waals surface area contributed by atoms with Crippen molar-refractivity contribution < 1.29 is 72.5 Å². The van der Waals surface area contributed by atoms with Crippen molar-refractivity contribution in [1.29, 1.82) is 0 Å². The fourth-order valence-corrected chi connectivity index (χ4v) is 11.4. The second-order valence-electron chi connectivity index (χ2n) is 23.9. The van der Waals surface area contributed by atoms with Crippen LogP contribution in [0.5, 0.6) is 5.75 Å². The van der Waals surface area contributed by atoms with Gasteiger partial charge in [-0.05, 0) is 118 Å². The largest absolute Gasteiger partial charge is 0.508 e. The van der Waals surface area contributed by atoms with Crippen LogP contribution in [-0.4, -0.2) is 208 Å². The number of guanidine groups is 1. The van der Waals surface area contributed by atoms with Crippen molar-refractivity contribution in [1.82, 2.24) is 52.3 Å². The molecular formula is C62H95N17O15S. The Morgan fingerprint density at radius 3 is 1.67 bits per heavy atom. The molecular weight excluding hydrogens is 1250 g/mol. The normalized spacial score (nSPS) is 16.8. The summed E-state index contributed by atoms with van der Waals surface area (Å²) in [6.45, 7) is 3.42. The van der Waals surface area contributed by atoms with Crippen LogP contribution in [0.3, 0.4) is 0 Å². The maximum absolute atomic E-state index is 14.7. The summed E-state index contributed by atoms with van der Waals surface area (Å²) in [5.41, 5.74) is 35.0. The number of unbranched alkanes of at least 4 members (excludes halogenated alkanes) is 1. The molecule has 0 radical (unpaired) electrons. The number of rotatable bonds is 41. The van der Waals surface area contributed by atoms with Crippen molar-refractivity contribution in [2.75, 3.05) is 44.7 Å². The molecule has 32 nitrogen and oxygen atoms in total. The Morgan fingerprint density at radius 1 is 0.600 bits per heavy atom. The third-order valence-electron chi connectivity index (χ3n) is 15.8. The predicted octanol–water partition coefficient (Wildman–Crippen LogP) is -3.80. The van der Waals surface area contributed by atoms with Gasteiger partial charge in [0.15, 0.2) is 5.96 Å². The smallest absolute Gasteiger partial charge is 0.303 e. The number of likely N-dealkylation sites (tertiary alicyclic amines) is 2. The highest BCUT2D eigenvalue weighted by atomic mass is 32.2. The van der Waals surface area contributed by atoms with Crippen LogP contribution in [0.1, 0.15) is 115 Å². The third kappa shape index (κ3) is 27.0. The topological polar surface area (TPSA) is 534 Å². The third-order valence-corrected chi connectivity index (χ3v) is 16.5. The van der Waals surface area contributed by atoms with E-state index in [1.54, 1.807) is 30.3 Å². The van der Waals surface area contributed by atoms with Crippen molar-refractivity contribution >= 4 is 94.6 Å². The number of aliphatic carboxylic acids is 1. The van der Waals surface area contributed by atoms with E-state index < -0.39 is 163 Å². The van der Waals surface area contributed by atoms with Crippen LogP contribution in [0.15, 0.2) is 59.6 Å². The Labute approximate surface area is 555 Å². The molecule has 0 aromatic heterocycles. The van der Waals surface area contributed by atoms with E-state index in [9.17, 15) is 72.5 Å². The van der Waals surface area contributed by atoms with Gasteiger partial charge in [0.2, 0.25) is 70.9 Å². The second-order valence-corrected chi connectivity index (χ2v) is 24.9. The number of nitrogens with zero attached hydrogens (tertiary/aromatic N) is 3. The molecule has 2 aromatic rings. The van der Waals surface area contributed by atoms with E-state index in [0.717, 1.165) is 4.90 Å². The zero-order valence-electron chi connectivity index (χ0n) is 54.0. The molecule has 2 aliphatic rings. The van der Waals surface area contributed by atoms with Crippen molar-refractivity contribution in [3.63, 3.8) is 0 Å². The SMILES string of the molecule is CSCCC(NC(=O)C(CC(C)C)NC(=O)CNC(=O)C(Cc1ccc(O)cc1)NC(=O)C(Cc1ccccc1)NC(=O)C(CCCN=C(N)N)NC(=O)C(CCC(=O)O)NC(=O)C1CCCN1C(=O)C(CC(N)=O)NC(=O)C1CCCN1C(=O)C(N)CCCCN)C(N)=O. The maximum Gasteiger partial charge on any atom is 0.303 e. The molecule has 95 heavy (non-hydrogen) atoms. The standard InChI is InChI=1S/C62H95N17O15S/c1-35(2)30-43(56(89)72-40(52(66)85)24-29-95-3)71-50(82)34-70-53(86)44(32-37-18-20-38(80)21-19-37)75-57(90)45(31-36-12-5-4-6-13-36)76-54(87)41(15-9-26-69-62(67)68)73-55(88)42(22-23-51(83)84)74-58(91)48-17-11-28-79(48)61(94)46(33-49(65)81)77-59(92)47-16-10-27-78(47)60(93)39(64)14-7-8-25-63/h4-6,12-13,18-21,35,39-48,80H,7-11,14-17,22-34,63-64H2,1-3H3,(H2,65,81)(H2,66,85)(H,70,86)(H,71,82)(H,72,89)(H,73,88)(H,74,91)(H,75,90)(H,76,87)(H,77,92)(H,83,84)(H4,67,68,69). The number of hydrogen-bond donors (Lipinski definition) is 16. The number of carboxylic acids is 1. The van der Waals surface area contributed by atoms with Crippen molar-refractivity contribution in [3.05, 3.63) is 65.7 Å². The number of benzene rings is 2. The molecule has 22 N–H and O–H groups in total. The summed E-state index contributed by atoms with van der Waals surface area (Å²) in [5.74, 6) is -11.5. The first kappa shape index (κ1) is 78.3. The molecule has 2 heterocycles. The van der Waals surface area contributed by atoms with E-state index in [0.29, 0.717) is 49.1 Å². The molecule has 10 atom stereocenters. The summed E-state index contributed by atoms with van der Waals surface area (Å²) in [6, 6.07) is 0.732. The predicted molar refractivity (Wildman–Crippen MR) is 351 cm³/mol. The fourth-order valence-electron chi connectivity index (χ4n) is 10.9. The molecule has 12 amide bonds. The van der Waals surface area contributed by atoms with E-state index >= 15 is 0 Å². The summed E-state index contributed by atoms with van der Waals surface area (Å²) < 4.78 is 0. The first-order valence-electron chi connectivity index (χ1n) is 31.7. The lowest BCUT2D eigenvalue weighted by molar-refractivity contribution is -0.145. The number of phenolic OH excluding ortho intramolecular Hbond substituents is 1. The minimum atomic E-state index is -1.69. The average molecular weight is 1350 g/mol. The second kappa shape index (κ2) is 40.2. The number of nitrogens with two attached hydrogens (primary N) is 6. The lowest BCUT2D eigenvalue weighted by Gasteiger charge is -2.31. The molecule has 524 valence electrons. The van der Waals surface area contributed by atoms with Gasteiger partial charge in [-0.15, -0.1) is 0 Å². The summed E-state index contributed by atoms with van der Waals surface area (Å²) >= 11 is 1.44. The number of carbonyl (C=O) groups is 13. The molecule has 2 saturated heterocycles. The molecule has 10 unspecified atom stereocenters. The number of aliphatic imine (C=N–C) groups is 1. The van der Waals surface area contributed by atoms with Crippen LogP contribution in [0.25, 0.3) is 0 Å². The number of primary amides is 2. The quantitative estimate of drug-likeness (QED) is 0.0172. The van der Waals surface area contributed by atoms with E-state index in [-0.39, 0.29) is 95.0 Å². The van der Waals surface area contributed by atoms with Gasteiger partial charge in [-0.3, -0.25) is 67.3 Å². The number of carboxylic acid groups (broad SMARTS) is 1. The summed E-state index contributed by atoms with van der Waals surface area (Å²) in [5, 5.41) is 40.5. The van der Waals surface area contributed by atoms with Gasteiger partial charge in [0.05, 0.1) is 19.0 Å². The number of nitrogens with one attached hydrogen (secondary N) is 8. The van der Waals surface area contributed by atoms with Gasteiger partial charge in [0.25, 0.3) is 0 Å². The Bertz CT molecular complexity index is 2990. The Hall–Kier alpha value is -9.11. The van der Waals surface area contributed by atoms with Gasteiger partial charge >= 0.3 is 5.97 Å². The fraction of sp³-hybridized carbons (Fsp3) is 0.581. The van der Waals surface area contributed by atoms with Crippen molar-refractivity contribution in [2.24, 2.45) is 45.3 Å². The highest BCUT2D eigenvalue weighted by molar-refractivity contribution is 7.98. The lowest BCUT2D eigenvalue weighted by Crippen LogP contribution is -2.60. The lowest BCUT2D eigenvalue weighted by atomic mass is 10.0. The van der Waals surface area contributed by atoms with Gasteiger partial charge in [-0.2, -0.15) is 11.8 Å². The van der Waals surface area contributed by atoms with Gasteiger partial charge in [-0.1, -0.05) is 62.7 Å². The Balaban J connectivity index is 1.60. The van der Waals surface area contributed by atoms with Crippen LogP contribution in [-0.2, 0) is 75.2 Å². The number of hydrogen-bond acceptors (Lipinski definition) is 18. The minimum absolute atomic E-state index is 0.0153. The highest BCUT2D eigenvalue weighted by Gasteiger charge is 2.43. The summed E-state index contributed by atoms with van der Waals surface area (Å²) in [7, 11) is 0. The van der Waals surface area contributed by atoms with E-state index in [1.807, 2.05) is 20.1 Å². The molecule has 33 heteroatoms. The Kier molecular flexibility index (Phi) is 33.2. The zero-order chi connectivity index (χ0) is 70.3. The number of amides is 12. The van der Waals surface area contributed by atoms with E-state index in [2.05, 4.69) is 47.5 Å².